The third-order valence-electron chi connectivity index (χ3n) is 3.53. The minimum atomic E-state index is 0.0856. The second-order valence-electron chi connectivity index (χ2n) is 4.81. The fraction of sp³-hybridized carbons (Fsp3) is 0.583. The van der Waals surface area contributed by atoms with Gasteiger partial charge >= 0.3 is 0 Å². The molecule has 1 amide bonds. The number of hydrogen-bond acceptors (Lipinski definition) is 2. The zero-order chi connectivity index (χ0) is 12.6. The van der Waals surface area contributed by atoms with Gasteiger partial charge in [-0.3, -0.25) is 9.69 Å². The van der Waals surface area contributed by atoms with Crippen LogP contribution in [-0.4, -0.2) is 52.9 Å². The van der Waals surface area contributed by atoms with Gasteiger partial charge in [-0.1, -0.05) is 0 Å². The standard InChI is InChI=1S/C12H18BrN3O/c1-8-6-16(7-9(2)15(8)3)12(17)11-4-10(13)5-14-11/h4-5,8-9,14H,6-7H2,1-3H3. The van der Waals surface area contributed by atoms with E-state index in [2.05, 4.69) is 46.7 Å². The quantitative estimate of drug-likeness (QED) is 0.861. The summed E-state index contributed by atoms with van der Waals surface area (Å²) in [5, 5.41) is 0. The molecule has 1 aromatic heterocycles. The molecule has 0 aromatic carbocycles. The van der Waals surface area contributed by atoms with Crippen molar-refractivity contribution in [2.75, 3.05) is 20.1 Å². The monoisotopic (exact) mass is 299 g/mol. The summed E-state index contributed by atoms with van der Waals surface area (Å²) < 4.78 is 0.913. The van der Waals surface area contributed by atoms with Gasteiger partial charge in [-0.2, -0.15) is 0 Å². The Kier molecular flexibility index (Phi) is 3.58. The lowest BCUT2D eigenvalue weighted by atomic mass is 10.1. The summed E-state index contributed by atoms with van der Waals surface area (Å²) in [6.45, 7) is 5.88. The van der Waals surface area contributed by atoms with Gasteiger partial charge in [0.15, 0.2) is 0 Å². The Morgan fingerprint density at radius 1 is 1.41 bits per heavy atom. The number of aromatic amines is 1. The summed E-state index contributed by atoms with van der Waals surface area (Å²) in [4.78, 5) is 19.5. The van der Waals surface area contributed by atoms with Crippen molar-refractivity contribution in [1.82, 2.24) is 14.8 Å². The van der Waals surface area contributed by atoms with Crippen molar-refractivity contribution < 1.29 is 4.79 Å². The maximum absolute atomic E-state index is 12.3. The average Bonchev–Trinajstić information content (AvgIpc) is 2.71. The van der Waals surface area contributed by atoms with Gasteiger partial charge in [-0.05, 0) is 42.9 Å². The van der Waals surface area contributed by atoms with E-state index in [9.17, 15) is 4.79 Å². The van der Waals surface area contributed by atoms with E-state index in [1.54, 1.807) is 6.20 Å². The van der Waals surface area contributed by atoms with Crippen LogP contribution in [-0.2, 0) is 0 Å². The highest BCUT2D eigenvalue weighted by molar-refractivity contribution is 9.10. The van der Waals surface area contributed by atoms with Gasteiger partial charge in [0.05, 0.1) is 0 Å². The molecule has 1 N–H and O–H groups in total. The average molecular weight is 300 g/mol. The van der Waals surface area contributed by atoms with Gasteiger partial charge in [0.1, 0.15) is 5.69 Å². The number of halogens is 1. The molecule has 4 nitrogen and oxygen atoms in total. The van der Waals surface area contributed by atoms with E-state index >= 15 is 0 Å². The first-order chi connectivity index (χ1) is 7.99. The number of hydrogen-bond donors (Lipinski definition) is 1. The molecule has 2 rings (SSSR count). The Hall–Kier alpha value is -0.810. The van der Waals surface area contributed by atoms with Crippen LogP contribution in [0.2, 0.25) is 0 Å². The van der Waals surface area contributed by atoms with Crippen LogP contribution in [0.4, 0.5) is 0 Å². The summed E-state index contributed by atoms with van der Waals surface area (Å²) in [7, 11) is 2.11. The van der Waals surface area contributed by atoms with Gasteiger partial charge in [0, 0.05) is 35.8 Å². The fourth-order valence-electron chi connectivity index (χ4n) is 2.23. The second kappa shape index (κ2) is 4.82. The number of nitrogens with one attached hydrogen (secondary N) is 1. The molecule has 17 heavy (non-hydrogen) atoms. The maximum Gasteiger partial charge on any atom is 0.270 e. The molecule has 0 saturated carbocycles. The molecule has 0 spiro atoms. The Balaban J connectivity index is 2.11. The van der Waals surface area contributed by atoms with Crippen molar-refractivity contribution in [3.8, 4) is 0 Å². The first kappa shape index (κ1) is 12.6. The third kappa shape index (κ3) is 2.55. The smallest absolute Gasteiger partial charge is 0.270 e. The minimum Gasteiger partial charge on any atom is -0.356 e. The second-order valence-corrected chi connectivity index (χ2v) is 5.72. The van der Waals surface area contributed by atoms with Gasteiger partial charge in [0.25, 0.3) is 5.91 Å². The van der Waals surface area contributed by atoms with E-state index in [0.717, 1.165) is 17.6 Å². The van der Waals surface area contributed by atoms with E-state index in [4.69, 9.17) is 0 Å². The molecule has 94 valence electrons. The van der Waals surface area contributed by atoms with Crippen molar-refractivity contribution in [1.29, 1.82) is 0 Å². The van der Waals surface area contributed by atoms with E-state index in [0.29, 0.717) is 17.8 Å². The van der Waals surface area contributed by atoms with Gasteiger partial charge < -0.3 is 9.88 Å². The van der Waals surface area contributed by atoms with Gasteiger partial charge in [-0.15, -0.1) is 0 Å². The normalized spacial score (nSPS) is 26.2. The van der Waals surface area contributed by atoms with Gasteiger partial charge in [0.2, 0.25) is 0 Å². The highest BCUT2D eigenvalue weighted by atomic mass is 79.9. The topological polar surface area (TPSA) is 39.3 Å². The van der Waals surface area contributed by atoms with Crippen LogP contribution in [0.3, 0.4) is 0 Å². The number of nitrogens with zero attached hydrogens (tertiary/aromatic N) is 2. The number of likely N-dealkylation sites (N-methyl/N-ethyl adjacent to an activating group) is 1. The predicted octanol–water partition coefficient (Wildman–Crippen LogP) is 1.94. The zero-order valence-electron chi connectivity index (χ0n) is 10.4. The Labute approximate surface area is 110 Å². The highest BCUT2D eigenvalue weighted by Crippen LogP contribution is 2.17. The van der Waals surface area contributed by atoms with Crippen molar-refractivity contribution in [3.05, 3.63) is 22.4 Å². The Morgan fingerprint density at radius 2 is 2.00 bits per heavy atom. The molecule has 5 heteroatoms. The molecule has 2 heterocycles. The molecule has 2 atom stereocenters. The number of carbonyl (C=O) groups is 1. The Morgan fingerprint density at radius 3 is 2.47 bits per heavy atom. The SMILES string of the molecule is CC1CN(C(=O)c2cc(Br)c[nH]2)CC(C)N1C. The summed E-state index contributed by atoms with van der Waals surface area (Å²) in [5.41, 5.74) is 0.654. The van der Waals surface area contributed by atoms with E-state index in [1.807, 2.05) is 11.0 Å². The van der Waals surface area contributed by atoms with Crippen molar-refractivity contribution in [2.45, 2.75) is 25.9 Å². The molecule has 1 aliphatic rings. The van der Waals surface area contributed by atoms with Crippen LogP contribution in [0, 0.1) is 0 Å². The fourth-order valence-corrected chi connectivity index (χ4v) is 2.58. The molecule has 1 aromatic rings. The number of piperazine rings is 1. The summed E-state index contributed by atoms with van der Waals surface area (Å²) >= 11 is 3.35. The predicted molar refractivity (Wildman–Crippen MR) is 71.1 cm³/mol. The molecular formula is C12H18BrN3O. The lowest BCUT2D eigenvalue weighted by molar-refractivity contribution is 0.0410. The molecule has 1 fully saturated rings. The minimum absolute atomic E-state index is 0.0856. The van der Waals surface area contributed by atoms with Crippen LogP contribution in [0.25, 0.3) is 0 Å². The highest BCUT2D eigenvalue weighted by Gasteiger charge is 2.30. The van der Waals surface area contributed by atoms with E-state index < -0.39 is 0 Å². The maximum atomic E-state index is 12.3. The van der Waals surface area contributed by atoms with Crippen LogP contribution >= 0.6 is 15.9 Å². The largest absolute Gasteiger partial charge is 0.356 e. The summed E-state index contributed by atoms with van der Waals surface area (Å²) in [5.74, 6) is 0.0856. The third-order valence-corrected chi connectivity index (χ3v) is 3.98. The molecule has 1 aliphatic heterocycles. The van der Waals surface area contributed by atoms with Crippen LogP contribution in [0.5, 0.6) is 0 Å². The Bertz CT molecular complexity index is 406. The van der Waals surface area contributed by atoms with E-state index in [-0.39, 0.29) is 5.91 Å². The first-order valence-corrected chi connectivity index (χ1v) is 6.63. The lowest BCUT2D eigenvalue weighted by Gasteiger charge is -2.42. The summed E-state index contributed by atoms with van der Waals surface area (Å²) in [6, 6.07) is 2.64. The molecule has 1 saturated heterocycles. The molecular weight excluding hydrogens is 282 g/mol. The van der Waals surface area contributed by atoms with Crippen molar-refractivity contribution >= 4 is 21.8 Å². The molecule has 0 radical (unpaired) electrons. The first-order valence-electron chi connectivity index (χ1n) is 5.84. The molecule has 0 bridgehead atoms. The van der Waals surface area contributed by atoms with Crippen molar-refractivity contribution in [3.63, 3.8) is 0 Å². The van der Waals surface area contributed by atoms with Crippen LogP contribution in [0.15, 0.2) is 16.7 Å². The van der Waals surface area contributed by atoms with Gasteiger partial charge in [-0.25, -0.2) is 0 Å². The number of H-pyrrole nitrogens is 1. The van der Waals surface area contributed by atoms with Crippen molar-refractivity contribution in [2.24, 2.45) is 0 Å². The van der Waals surface area contributed by atoms with Crippen LogP contribution in [0.1, 0.15) is 24.3 Å². The number of carbonyl (C=O) groups excluding carboxylic acids is 1. The number of amides is 1. The van der Waals surface area contributed by atoms with E-state index in [1.165, 1.54) is 0 Å². The lowest BCUT2D eigenvalue weighted by Crippen LogP contribution is -2.56. The molecule has 2 unspecified atom stereocenters. The molecule has 0 aliphatic carbocycles. The summed E-state index contributed by atoms with van der Waals surface area (Å²) in [6.07, 6.45) is 1.79. The zero-order valence-corrected chi connectivity index (χ0v) is 12.0. The van der Waals surface area contributed by atoms with Crippen LogP contribution < -0.4 is 0 Å². The number of rotatable bonds is 1. The number of aromatic nitrogens is 1.